The van der Waals surface area contributed by atoms with E-state index in [-0.39, 0.29) is 11.2 Å². The number of aromatic nitrogens is 2. The number of halogens is 1. The van der Waals surface area contributed by atoms with Gasteiger partial charge in [-0.05, 0) is 85.1 Å². The number of ether oxygens (including phenoxy) is 1. The van der Waals surface area contributed by atoms with Gasteiger partial charge in [0.05, 0.1) is 23.9 Å². The maximum absolute atomic E-state index is 12.6. The summed E-state index contributed by atoms with van der Waals surface area (Å²) < 4.78 is 9.10. The van der Waals surface area contributed by atoms with E-state index in [0.29, 0.717) is 17.1 Å². The Morgan fingerprint density at radius 2 is 1.64 bits per heavy atom. The molecule has 5 aliphatic carbocycles. The van der Waals surface area contributed by atoms with Crippen LogP contribution in [0.25, 0.3) is 0 Å². The maximum atomic E-state index is 12.6. The molecule has 1 heterocycles. The zero-order valence-electron chi connectivity index (χ0n) is 14.9. The summed E-state index contributed by atoms with van der Waals surface area (Å²) in [5.41, 5.74) is 1.13. The van der Waals surface area contributed by atoms with Crippen LogP contribution in [-0.4, -0.2) is 15.4 Å². The van der Waals surface area contributed by atoms with Crippen molar-refractivity contribution in [3.8, 4) is 0 Å². The predicted octanol–water partition coefficient (Wildman–Crippen LogP) is 4.93. The number of nitrogens with one attached hydrogen (secondary N) is 1. The lowest BCUT2D eigenvalue weighted by atomic mass is 9.54. The summed E-state index contributed by atoms with van der Waals surface area (Å²) in [7, 11) is 0. The van der Waals surface area contributed by atoms with E-state index < -0.39 is 0 Å². The van der Waals surface area contributed by atoms with Crippen LogP contribution in [0.4, 0.5) is 0 Å². The Hall–Kier alpha value is -0.550. The third-order valence-corrected chi connectivity index (χ3v) is 8.19. The number of hydrogen-bond acceptors (Lipinski definition) is 2. The lowest BCUT2D eigenvalue weighted by molar-refractivity contribution is -0.169. The van der Waals surface area contributed by atoms with Crippen molar-refractivity contribution in [2.45, 2.75) is 88.9 Å². The Morgan fingerprint density at radius 1 is 1.04 bits per heavy atom. The number of rotatable bonds is 4. The summed E-state index contributed by atoms with van der Waals surface area (Å²) in [6.45, 7) is 0.543. The maximum Gasteiger partial charge on any atom is 0.281 e. The van der Waals surface area contributed by atoms with Crippen LogP contribution in [0.15, 0.2) is 9.27 Å². The zero-order chi connectivity index (χ0) is 17.0. The predicted molar refractivity (Wildman–Crippen MR) is 101 cm³/mol. The third kappa shape index (κ3) is 2.95. The van der Waals surface area contributed by atoms with Gasteiger partial charge in [0.25, 0.3) is 5.56 Å². The van der Waals surface area contributed by atoms with E-state index in [2.05, 4.69) is 21.0 Å². The first-order valence-electron chi connectivity index (χ1n) is 10.2. The van der Waals surface area contributed by atoms with Crippen LogP contribution in [0.1, 0.15) is 82.4 Å². The van der Waals surface area contributed by atoms with Gasteiger partial charge in [-0.1, -0.05) is 19.3 Å². The summed E-state index contributed by atoms with van der Waals surface area (Å²) in [5.74, 6) is 2.67. The molecule has 0 radical (unpaired) electrons. The first-order valence-corrected chi connectivity index (χ1v) is 11.0. The lowest BCUT2D eigenvalue weighted by Gasteiger charge is -2.56. The Kier molecular flexibility index (Phi) is 4.16. The van der Waals surface area contributed by atoms with Crippen LogP contribution in [0.5, 0.6) is 0 Å². The largest absolute Gasteiger partial charge is 0.369 e. The third-order valence-electron chi connectivity index (χ3n) is 7.37. The van der Waals surface area contributed by atoms with E-state index in [4.69, 9.17) is 4.74 Å². The Balaban J connectivity index is 1.32. The second-order valence-electron chi connectivity index (χ2n) is 9.26. The van der Waals surface area contributed by atoms with E-state index in [1.54, 1.807) is 0 Å². The molecule has 5 saturated carbocycles. The highest BCUT2D eigenvalue weighted by molar-refractivity contribution is 9.10. The average Bonchev–Trinajstić information content (AvgIpc) is 2.88. The summed E-state index contributed by atoms with van der Waals surface area (Å²) in [6.07, 6.45) is 14.0. The van der Waals surface area contributed by atoms with Gasteiger partial charge in [0.1, 0.15) is 4.47 Å². The van der Waals surface area contributed by atoms with Crippen LogP contribution in [0, 0.1) is 17.8 Å². The van der Waals surface area contributed by atoms with E-state index >= 15 is 0 Å². The molecule has 4 nitrogen and oxygen atoms in total. The molecular weight excluding hydrogens is 380 g/mol. The molecule has 1 aromatic heterocycles. The lowest BCUT2D eigenvalue weighted by Crippen LogP contribution is -2.51. The molecular formula is C20H29BrN2O2. The number of nitrogens with zero attached hydrogens (tertiary/aromatic N) is 1. The Labute approximate surface area is 157 Å². The summed E-state index contributed by atoms with van der Waals surface area (Å²) >= 11 is 3.53. The summed E-state index contributed by atoms with van der Waals surface area (Å²) in [5, 5.41) is 3.38. The van der Waals surface area contributed by atoms with Crippen molar-refractivity contribution in [3.63, 3.8) is 0 Å². The topological polar surface area (TPSA) is 47.0 Å². The Bertz CT molecular complexity index is 666. The fourth-order valence-electron chi connectivity index (χ4n) is 6.61. The van der Waals surface area contributed by atoms with E-state index in [1.165, 1.54) is 57.8 Å². The normalized spacial score (nSPS) is 37.7. The van der Waals surface area contributed by atoms with Crippen molar-refractivity contribution >= 4 is 15.9 Å². The highest BCUT2D eigenvalue weighted by Crippen LogP contribution is 2.57. The molecule has 138 valence electrons. The van der Waals surface area contributed by atoms with Gasteiger partial charge in [-0.25, -0.2) is 4.68 Å². The monoisotopic (exact) mass is 408 g/mol. The van der Waals surface area contributed by atoms with Gasteiger partial charge in [0.15, 0.2) is 0 Å². The minimum absolute atomic E-state index is 0.0935. The fraction of sp³-hybridized carbons (Fsp3) is 0.850. The second-order valence-corrected chi connectivity index (χ2v) is 10.1. The summed E-state index contributed by atoms with van der Waals surface area (Å²) in [6, 6.07) is 0.339. The SMILES string of the molecule is O=c1c(Br)c(COC23CC4CC(CC(C4)C2)C3)[nH]n1C1CCCCC1. The van der Waals surface area contributed by atoms with Crippen molar-refractivity contribution in [1.82, 2.24) is 9.78 Å². The first kappa shape index (κ1) is 16.6. The molecule has 0 amide bonds. The van der Waals surface area contributed by atoms with Crippen molar-refractivity contribution in [2.24, 2.45) is 17.8 Å². The highest BCUT2D eigenvalue weighted by Gasteiger charge is 2.51. The molecule has 25 heavy (non-hydrogen) atoms. The molecule has 0 saturated heterocycles. The van der Waals surface area contributed by atoms with Gasteiger partial charge in [-0.15, -0.1) is 0 Å². The second kappa shape index (κ2) is 6.26. The molecule has 5 fully saturated rings. The smallest absolute Gasteiger partial charge is 0.281 e. The van der Waals surface area contributed by atoms with Crippen LogP contribution >= 0.6 is 15.9 Å². The van der Waals surface area contributed by atoms with E-state index in [1.807, 2.05) is 4.68 Å². The number of hydrogen-bond donors (Lipinski definition) is 1. The van der Waals surface area contributed by atoms with Crippen molar-refractivity contribution in [1.29, 1.82) is 0 Å². The first-order chi connectivity index (χ1) is 12.1. The zero-order valence-corrected chi connectivity index (χ0v) is 16.5. The van der Waals surface area contributed by atoms with Crippen molar-refractivity contribution in [2.75, 3.05) is 0 Å². The van der Waals surface area contributed by atoms with Crippen molar-refractivity contribution in [3.05, 3.63) is 20.5 Å². The molecule has 6 rings (SSSR count). The molecule has 0 aromatic carbocycles. The van der Waals surface area contributed by atoms with Gasteiger partial charge in [-0.2, -0.15) is 0 Å². The summed E-state index contributed by atoms with van der Waals surface area (Å²) in [4.78, 5) is 12.6. The molecule has 4 bridgehead atoms. The molecule has 1 aromatic rings. The van der Waals surface area contributed by atoms with Gasteiger partial charge >= 0.3 is 0 Å². The molecule has 0 unspecified atom stereocenters. The number of H-pyrrole nitrogens is 1. The van der Waals surface area contributed by atoms with Gasteiger partial charge < -0.3 is 4.74 Å². The highest BCUT2D eigenvalue weighted by atomic mass is 79.9. The molecule has 0 aliphatic heterocycles. The van der Waals surface area contributed by atoms with E-state index in [9.17, 15) is 4.79 Å². The molecule has 5 aliphatic rings. The standard InChI is InChI=1S/C20H29BrN2O2/c21-18-17(22-23(19(18)24)16-4-2-1-3-5-16)12-25-20-9-13-6-14(10-20)8-15(7-13)11-20/h13-16,22H,1-12H2. The minimum atomic E-state index is 0.0935. The molecule has 0 atom stereocenters. The number of aromatic amines is 1. The Morgan fingerprint density at radius 3 is 2.24 bits per heavy atom. The fourth-order valence-corrected chi connectivity index (χ4v) is 7.00. The van der Waals surface area contributed by atoms with Crippen molar-refractivity contribution < 1.29 is 4.74 Å². The molecule has 0 spiro atoms. The minimum Gasteiger partial charge on any atom is -0.369 e. The van der Waals surface area contributed by atoms with Gasteiger partial charge in [0.2, 0.25) is 0 Å². The van der Waals surface area contributed by atoms with Crippen LogP contribution in [0.2, 0.25) is 0 Å². The quantitative estimate of drug-likeness (QED) is 0.767. The van der Waals surface area contributed by atoms with Crippen LogP contribution in [0.3, 0.4) is 0 Å². The molecule has 1 N–H and O–H groups in total. The van der Waals surface area contributed by atoms with Gasteiger partial charge in [-0.3, -0.25) is 9.89 Å². The molecule has 5 heteroatoms. The van der Waals surface area contributed by atoms with Crippen LogP contribution in [-0.2, 0) is 11.3 Å². The van der Waals surface area contributed by atoms with E-state index in [0.717, 1.165) is 36.3 Å². The van der Waals surface area contributed by atoms with Gasteiger partial charge in [0, 0.05) is 0 Å². The van der Waals surface area contributed by atoms with Crippen LogP contribution < -0.4 is 5.56 Å². The average molecular weight is 409 g/mol.